The summed E-state index contributed by atoms with van der Waals surface area (Å²) in [5.74, 6) is 0.313. The topological polar surface area (TPSA) is 129 Å². The van der Waals surface area contributed by atoms with Crippen molar-refractivity contribution in [3.63, 3.8) is 0 Å². The standard InChI is InChI=1S/C23H24N4O6S2/c1-32-13-6-5-12(11-14(13)33-2)15(16-18(28)24-22-26(20(16)30)7-3-9-34-22)17-19(29)25-23-27(21(17)31)8-4-10-35-23/h5-6,11,15,28-29H,3-4,7-10H2,1-2H3. The Kier molecular flexibility index (Phi) is 6.41. The molecule has 2 aliphatic heterocycles. The summed E-state index contributed by atoms with van der Waals surface area (Å²) in [6.45, 7) is 0.897. The van der Waals surface area contributed by atoms with Crippen molar-refractivity contribution >= 4 is 23.5 Å². The van der Waals surface area contributed by atoms with Crippen LogP contribution in [-0.4, -0.2) is 55.0 Å². The average molecular weight is 517 g/mol. The van der Waals surface area contributed by atoms with Gasteiger partial charge in [-0.1, -0.05) is 29.6 Å². The molecule has 0 bridgehead atoms. The van der Waals surface area contributed by atoms with E-state index in [0.717, 1.165) is 24.3 Å². The highest BCUT2D eigenvalue weighted by molar-refractivity contribution is 7.99. The predicted molar refractivity (Wildman–Crippen MR) is 131 cm³/mol. The van der Waals surface area contributed by atoms with E-state index in [9.17, 15) is 19.8 Å². The van der Waals surface area contributed by atoms with Gasteiger partial charge in [-0.25, -0.2) is 0 Å². The van der Waals surface area contributed by atoms with Crippen molar-refractivity contribution in [2.24, 2.45) is 0 Å². The van der Waals surface area contributed by atoms with Crippen LogP contribution in [0.3, 0.4) is 0 Å². The first kappa shape index (κ1) is 23.6. The van der Waals surface area contributed by atoms with Gasteiger partial charge in [0.25, 0.3) is 11.1 Å². The van der Waals surface area contributed by atoms with E-state index in [1.165, 1.54) is 46.9 Å². The number of fused-ring (bicyclic) bond motifs is 2. The molecule has 1 aromatic carbocycles. The Bertz CT molecular complexity index is 1340. The summed E-state index contributed by atoms with van der Waals surface area (Å²) in [6, 6.07) is 4.94. The zero-order valence-corrected chi connectivity index (χ0v) is 20.8. The first-order chi connectivity index (χ1) is 16.9. The second-order valence-corrected chi connectivity index (χ2v) is 10.3. The summed E-state index contributed by atoms with van der Waals surface area (Å²) in [7, 11) is 2.98. The number of aromatic hydroxyl groups is 2. The molecule has 2 aliphatic rings. The Labute approximate surface area is 209 Å². The number of benzene rings is 1. The first-order valence-electron chi connectivity index (χ1n) is 11.1. The van der Waals surface area contributed by atoms with Gasteiger partial charge in [-0.2, -0.15) is 9.97 Å². The Morgan fingerprint density at radius 3 is 1.86 bits per heavy atom. The SMILES string of the molecule is COc1ccc(C(c2c(O)nc3n(c2=O)CCCS3)c2c(O)nc3n(c2=O)CCCS3)cc1OC. The lowest BCUT2D eigenvalue weighted by molar-refractivity contribution is 0.354. The molecule has 5 rings (SSSR count). The van der Waals surface area contributed by atoms with Crippen molar-refractivity contribution in [2.45, 2.75) is 42.2 Å². The fourth-order valence-corrected chi connectivity index (χ4v) is 6.35. The summed E-state index contributed by atoms with van der Waals surface area (Å²) in [4.78, 5) is 35.9. The molecule has 0 atom stereocenters. The summed E-state index contributed by atoms with van der Waals surface area (Å²) < 4.78 is 13.8. The van der Waals surface area contributed by atoms with E-state index in [2.05, 4.69) is 9.97 Å². The van der Waals surface area contributed by atoms with Crippen molar-refractivity contribution in [3.05, 3.63) is 55.6 Å². The van der Waals surface area contributed by atoms with Crippen LogP contribution in [0.2, 0.25) is 0 Å². The van der Waals surface area contributed by atoms with Crippen LogP contribution in [0.15, 0.2) is 38.1 Å². The highest BCUT2D eigenvalue weighted by atomic mass is 32.2. The van der Waals surface area contributed by atoms with Gasteiger partial charge in [-0.05, 0) is 30.5 Å². The molecule has 184 valence electrons. The molecular weight excluding hydrogens is 492 g/mol. The quantitative estimate of drug-likeness (QED) is 0.488. The molecule has 0 amide bonds. The molecule has 2 aromatic heterocycles. The van der Waals surface area contributed by atoms with E-state index in [-0.39, 0.29) is 11.1 Å². The summed E-state index contributed by atoms with van der Waals surface area (Å²) in [5.41, 5.74) is -0.673. The van der Waals surface area contributed by atoms with E-state index >= 15 is 0 Å². The molecule has 0 aliphatic carbocycles. The third-order valence-electron chi connectivity index (χ3n) is 6.13. The van der Waals surface area contributed by atoms with Crippen molar-refractivity contribution in [2.75, 3.05) is 25.7 Å². The number of methoxy groups -OCH3 is 2. The Morgan fingerprint density at radius 1 is 0.857 bits per heavy atom. The van der Waals surface area contributed by atoms with Crippen LogP contribution in [0.1, 0.15) is 35.4 Å². The summed E-state index contributed by atoms with van der Waals surface area (Å²) in [6.07, 6.45) is 1.55. The number of nitrogens with zero attached hydrogens (tertiary/aromatic N) is 4. The molecule has 0 radical (unpaired) electrons. The van der Waals surface area contributed by atoms with Crippen LogP contribution in [0.5, 0.6) is 23.3 Å². The molecule has 4 heterocycles. The van der Waals surface area contributed by atoms with Gasteiger partial charge in [0.15, 0.2) is 21.8 Å². The fourth-order valence-electron chi connectivity index (χ4n) is 4.48. The smallest absolute Gasteiger partial charge is 0.262 e. The van der Waals surface area contributed by atoms with Crippen LogP contribution in [-0.2, 0) is 13.1 Å². The van der Waals surface area contributed by atoms with Crippen molar-refractivity contribution < 1.29 is 19.7 Å². The highest BCUT2D eigenvalue weighted by Gasteiger charge is 2.34. The van der Waals surface area contributed by atoms with Crippen LogP contribution in [0.4, 0.5) is 0 Å². The molecular formula is C23H24N4O6S2. The minimum absolute atomic E-state index is 0.0957. The third-order valence-corrected chi connectivity index (χ3v) is 8.26. The molecule has 35 heavy (non-hydrogen) atoms. The second-order valence-electron chi connectivity index (χ2n) is 8.13. The van der Waals surface area contributed by atoms with Gasteiger partial charge in [0, 0.05) is 24.6 Å². The van der Waals surface area contributed by atoms with Gasteiger partial charge < -0.3 is 19.7 Å². The lowest BCUT2D eigenvalue weighted by Crippen LogP contribution is -2.35. The van der Waals surface area contributed by atoms with Gasteiger partial charge in [-0.15, -0.1) is 0 Å². The monoisotopic (exact) mass is 516 g/mol. The van der Waals surface area contributed by atoms with Gasteiger partial charge >= 0.3 is 0 Å². The fraction of sp³-hybridized carbons (Fsp3) is 0.391. The van der Waals surface area contributed by atoms with Crippen molar-refractivity contribution in [1.82, 2.24) is 19.1 Å². The normalized spacial score (nSPS) is 14.9. The van der Waals surface area contributed by atoms with Crippen LogP contribution in [0.25, 0.3) is 0 Å². The summed E-state index contributed by atoms with van der Waals surface area (Å²) >= 11 is 2.78. The zero-order valence-electron chi connectivity index (χ0n) is 19.2. The maximum atomic E-state index is 13.7. The van der Waals surface area contributed by atoms with Gasteiger partial charge in [0.05, 0.1) is 31.3 Å². The van der Waals surface area contributed by atoms with Gasteiger partial charge in [0.1, 0.15) is 0 Å². The largest absolute Gasteiger partial charge is 0.493 e. The minimum Gasteiger partial charge on any atom is -0.493 e. The molecule has 0 saturated heterocycles. The van der Waals surface area contributed by atoms with Crippen molar-refractivity contribution in [1.29, 1.82) is 0 Å². The molecule has 0 unspecified atom stereocenters. The van der Waals surface area contributed by atoms with Crippen LogP contribution < -0.4 is 20.6 Å². The lowest BCUT2D eigenvalue weighted by Gasteiger charge is -2.25. The van der Waals surface area contributed by atoms with Crippen molar-refractivity contribution in [3.8, 4) is 23.3 Å². The predicted octanol–water partition coefficient (Wildman–Crippen LogP) is 2.40. The number of ether oxygens (including phenoxy) is 2. The summed E-state index contributed by atoms with van der Waals surface area (Å²) in [5, 5.41) is 22.8. The maximum Gasteiger partial charge on any atom is 0.262 e. The average Bonchev–Trinajstić information content (AvgIpc) is 2.87. The van der Waals surface area contributed by atoms with Crippen LogP contribution in [0, 0.1) is 0 Å². The number of thioether (sulfide) groups is 2. The van der Waals surface area contributed by atoms with Gasteiger partial charge in [-0.3, -0.25) is 18.7 Å². The highest BCUT2D eigenvalue weighted by Crippen LogP contribution is 2.41. The van der Waals surface area contributed by atoms with Crippen LogP contribution >= 0.6 is 23.5 Å². The Balaban J connectivity index is 1.82. The molecule has 10 nitrogen and oxygen atoms in total. The van der Waals surface area contributed by atoms with E-state index in [4.69, 9.17) is 9.47 Å². The van der Waals surface area contributed by atoms with E-state index in [1.807, 2.05) is 0 Å². The molecule has 3 aromatic rings. The Hall–Kier alpha value is -3.12. The molecule has 0 spiro atoms. The zero-order chi connectivity index (χ0) is 24.7. The first-order valence-corrected chi connectivity index (χ1v) is 13.1. The molecule has 2 N–H and O–H groups in total. The minimum atomic E-state index is -1.13. The molecule has 0 saturated carbocycles. The molecule has 0 fully saturated rings. The van der Waals surface area contributed by atoms with E-state index in [0.29, 0.717) is 40.5 Å². The third kappa shape index (κ3) is 4.04. The maximum absolute atomic E-state index is 13.7. The van der Waals surface area contributed by atoms with Gasteiger partial charge in [0.2, 0.25) is 11.8 Å². The number of hydrogen-bond acceptors (Lipinski definition) is 10. The Morgan fingerprint density at radius 2 is 1.37 bits per heavy atom. The molecule has 12 heteroatoms. The number of aromatic nitrogens is 4. The lowest BCUT2D eigenvalue weighted by atomic mass is 9.86. The van der Waals surface area contributed by atoms with E-state index in [1.54, 1.807) is 18.2 Å². The second kappa shape index (κ2) is 9.50. The number of rotatable bonds is 5. The number of hydrogen-bond donors (Lipinski definition) is 2. The van der Waals surface area contributed by atoms with E-state index < -0.39 is 28.8 Å².